The molecule has 19 heavy (non-hydrogen) atoms. The maximum absolute atomic E-state index is 12.2. The van der Waals surface area contributed by atoms with E-state index in [0.29, 0.717) is 23.5 Å². The summed E-state index contributed by atoms with van der Waals surface area (Å²) in [6.45, 7) is 4.13. The number of nitrogens with zero attached hydrogens (tertiary/aromatic N) is 1. The summed E-state index contributed by atoms with van der Waals surface area (Å²) in [5.74, 6) is 0.900. The van der Waals surface area contributed by atoms with E-state index >= 15 is 0 Å². The molecule has 0 aliphatic heterocycles. The van der Waals surface area contributed by atoms with E-state index in [2.05, 4.69) is 11.8 Å². The molecule has 0 spiro atoms. The van der Waals surface area contributed by atoms with Gasteiger partial charge in [0.2, 0.25) is 0 Å². The summed E-state index contributed by atoms with van der Waals surface area (Å²) in [5.41, 5.74) is 0. The number of Topliss-reactive ketones (excluding diaryl/α,β-unsaturated/α-hetero) is 1. The van der Waals surface area contributed by atoms with Gasteiger partial charge in [-0.25, -0.2) is 0 Å². The van der Waals surface area contributed by atoms with Crippen LogP contribution in [0.25, 0.3) is 0 Å². The molecule has 1 unspecified atom stereocenters. The van der Waals surface area contributed by atoms with Crippen molar-refractivity contribution >= 4 is 28.7 Å². The molecule has 1 aromatic rings. The Bertz CT molecular complexity index is 431. The predicted molar refractivity (Wildman–Crippen MR) is 79.3 cm³/mol. The third-order valence-corrected chi connectivity index (χ3v) is 4.93. The van der Waals surface area contributed by atoms with E-state index in [-0.39, 0.29) is 5.78 Å². The van der Waals surface area contributed by atoms with E-state index in [9.17, 15) is 4.79 Å². The third kappa shape index (κ3) is 4.28. The SMILES string of the molecule is COCCN(CC(=O)c1ccc(Cl)s1)C(C)C1CC1. The first-order valence-corrected chi connectivity index (χ1v) is 7.82. The van der Waals surface area contributed by atoms with Crippen molar-refractivity contribution in [3.8, 4) is 0 Å². The Kier molecular flexibility index (Phi) is 5.39. The second kappa shape index (κ2) is 6.84. The fourth-order valence-corrected chi connectivity index (χ4v) is 3.21. The van der Waals surface area contributed by atoms with Crippen molar-refractivity contribution < 1.29 is 9.53 Å². The Morgan fingerprint density at radius 1 is 1.58 bits per heavy atom. The first kappa shape index (κ1) is 15.0. The minimum Gasteiger partial charge on any atom is -0.383 e. The lowest BCUT2D eigenvalue weighted by molar-refractivity contribution is 0.0820. The standard InChI is InChI=1S/C14H20ClNO2S/c1-10(11-3-4-11)16(7-8-18-2)9-12(17)13-5-6-14(15)19-13/h5-6,10-11H,3-4,7-9H2,1-2H3. The normalized spacial score (nSPS) is 16.8. The highest BCUT2D eigenvalue weighted by Crippen LogP contribution is 2.35. The number of rotatable bonds is 8. The minimum absolute atomic E-state index is 0.153. The van der Waals surface area contributed by atoms with E-state index in [1.54, 1.807) is 13.2 Å². The van der Waals surface area contributed by atoms with E-state index in [1.807, 2.05) is 6.07 Å². The van der Waals surface area contributed by atoms with Gasteiger partial charge in [-0.15, -0.1) is 11.3 Å². The van der Waals surface area contributed by atoms with Crippen LogP contribution in [-0.4, -0.2) is 43.5 Å². The second-order valence-electron chi connectivity index (χ2n) is 5.07. The van der Waals surface area contributed by atoms with Crippen molar-refractivity contribution in [2.75, 3.05) is 26.8 Å². The van der Waals surface area contributed by atoms with E-state index in [1.165, 1.54) is 24.2 Å². The van der Waals surface area contributed by atoms with Crippen LogP contribution in [0.5, 0.6) is 0 Å². The zero-order chi connectivity index (χ0) is 13.8. The van der Waals surface area contributed by atoms with Crippen molar-refractivity contribution in [3.05, 3.63) is 21.3 Å². The number of ether oxygens (including phenoxy) is 1. The van der Waals surface area contributed by atoms with Gasteiger partial charge in [-0.2, -0.15) is 0 Å². The van der Waals surface area contributed by atoms with Crippen LogP contribution < -0.4 is 0 Å². The molecule has 5 heteroatoms. The van der Waals surface area contributed by atoms with E-state index in [0.717, 1.165) is 17.3 Å². The van der Waals surface area contributed by atoms with Gasteiger partial charge in [0.1, 0.15) is 0 Å². The number of thiophene rings is 1. The Morgan fingerprint density at radius 3 is 2.84 bits per heavy atom. The van der Waals surface area contributed by atoms with Gasteiger partial charge in [0, 0.05) is 19.7 Å². The van der Waals surface area contributed by atoms with Crippen LogP contribution in [0.1, 0.15) is 29.4 Å². The van der Waals surface area contributed by atoms with Crippen LogP contribution in [0.15, 0.2) is 12.1 Å². The van der Waals surface area contributed by atoms with Crippen LogP contribution >= 0.6 is 22.9 Å². The summed E-state index contributed by atoms with van der Waals surface area (Å²) in [6.07, 6.45) is 2.56. The summed E-state index contributed by atoms with van der Waals surface area (Å²) < 4.78 is 5.81. The maximum atomic E-state index is 12.2. The lowest BCUT2D eigenvalue weighted by Crippen LogP contribution is -2.40. The average Bonchev–Trinajstić information content (AvgIpc) is 3.15. The van der Waals surface area contributed by atoms with Gasteiger partial charge in [0.15, 0.2) is 5.78 Å². The Labute approximate surface area is 123 Å². The Morgan fingerprint density at radius 2 is 2.32 bits per heavy atom. The quantitative estimate of drug-likeness (QED) is 0.690. The topological polar surface area (TPSA) is 29.5 Å². The fraction of sp³-hybridized carbons (Fsp3) is 0.643. The minimum atomic E-state index is 0.153. The number of carbonyl (C=O) groups is 1. The number of methoxy groups -OCH3 is 1. The molecule has 0 aromatic carbocycles. The van der Waals surface area contributed by atoms with Crippen molar-refractivity contribution in [2.45, 2.75) is 25.8 Å². The zero-order valence-electron chi connectivity index (χ0n) is 11.4. The largest absolute Gasteiger partial charge is 0.383 e. The molecule has 0 bridgehead atoms. The molecule has 0 radical (unpaired) electrons. The maximum Gasteiger partial charge on any atom is 0.186 e. The molecular weight excluding hydrogens is 282 g/mol. The molecular formula is C14H20ClNO2S. The van der Waals surface area contributed by atoms with Gasteiger partial charge in [-0.3, -0.25) is 9.69 Å². The average molecular weight is 302 g/mol. The predicted octanol–water partition coefficient (Wildman–Crippen LogP) is 3.33. The Balaban J connectivity index is 1.96. The summed E-state index contributed by atoms with van der Waals surface area (Å²) in [4.78, 5) is 15.2. The summed E-state index contributed by atoms with van der Waals surface area (Å²) >= 11 is 7.24. The van der Waals surface area contributed by atoms with Gasteiger partial charge in [0.05, 0.1) is 22.4 Å². The molecule has 1 aliphatic carbocycles. The van der Waals surface area contributed by atoms with Crippen LogP contribution in [0.4, 0.5) is 0 Å². The molecule has 0 N–H and O–H groups in total. The second-order valence-corrected chi connectivity index (χ2v) is 6.78. The molecule has 2 rings (SSSR count). The van der Waals surface area contributed by atoms with Crippen molar-refractivity contribution in [3.63, 3.8) is 0 Å². The molecule has 1 saturated carbocycles. The molecule has 0 amide bonds. The highest BCUT2D eigenvalue weighted by atomic mass is 35.5. The highest BCUT2D eigenvalue weighted by Gasteiger charge is 2.32. The number of ketones is 1. The van der Waals surface area contributed by atoms with Crippen LogP contribution in [0.2, 0.25) is 4.34 Å². The molecule has 1 atom stereocenters. The smallest absolute Gasteiger partial charge is 0.186 e. The van der Waals surface area contributed by atoms with Gasteiger partial charge in [-0.05, 0) is 37.8 Å². The third-order valence-electron chi connectivity index (χ3n) is 3.66. The highest BCUT2D eigenvalue weighted by molar-refractivity contribution is 7.18. The van der Waals surface area contributed by atoms with Crippen molar-refractivity contribution in [2.24, 2.45) is 5.92 Å². The molecule has 1 fully saturated rings. The monoisotopic (exact) mass is 301 g/mol. The zero-order valence-corrected chi connectivity index (χ0v) is 13.0. The summed E-state index contributed by atoms with van der Waals surface area (Å²) in [5, 5.41) is 0. The molecule has 106 valence electrons. The van der Waals surface area contributed by atoms with E-state index < -0.39 is 0 Å². The molecule has 3 nitrogen and oxygen atoms in total. The lowest BCUT2D eigenvalue weighted by atomic mass is 10.1. The molecule has 1 heterocycles. The van der Waals surface area contributed by atoms with Crippen LogP contribution in [0.3, 0.4) is 0 Å². The number of carbonyl (C=O) groups excluding carboxylic acids is 1. The first-order chi connectivity index (χ1) is 9.11. The summed E-state index contributed by atoms with van der Waals surface area (Å²) in [7, 11) is 1.70. The molecule has 0 saturated heterocycles. The van der Waals surface area contributed by atoms with Crippen molar-refractivity contribution in [1.29, 1.82) is 0 Å². The van der Waals surface area contributed by atoms with E-state index in [4.69, 9.17) is 16.3 Å². The number of hydrogen-bond donors (Lipinski definition) is 0. The van der Waals surface area contributed by atoms with Crippen LogP contribution in [0, 0.1) is 5.92 Å². The summed E-state index contributed by atoms with van der Waals surface area (Å²) in [6, 6.07) is 4.05. The van der Waals surface area contributed by atoms with Crippen molar-refractivity contribution in [1.82, 2.24) is 4.90 Å². The number of halogens is 1. The molecule has 1 aromatic heterocycles. The Hall–Kier alpha value is -0.420. The van der Waals surface area contributed by atoms with Gasteiger partial charge >= 0.3 is 0 Å². The first-order valence-electron chi connectivity index (χ1n) is 6.63. The van der Waals surface area contributed by atoms with Gasteiger partial charge < -0.3 is 4.74 Å². The van der Waals surface area contributed by atoms with Gasteiger partial charge in [0.25, 0.3) is 0 Å². The molecule has 1 aliphatic rings. The number of hydrogen-bond acceptors (Lipinski definition) is 4. The van der Waals surface area contributed by atoms with Gasteiger partial charge in [-0.1, -0.05) is 11.6 Å². The lowest BCUT2D eigenvalue weighted by Gasteiger charge is -2.28. The fourth-order valence-electron chi connectivity index (χ4n) is 2.24. The van der Waals surface area contributed by atoms with Crippen LogP contribution in [-0.2, 0) is 4.74 Å².